The lowest BCUT2D eigenvalue weighted by atomic mass is 10.2. The Bertz CT molecular complexity index is 920. The van der Waals surface area contributed by atoms with Crippen molar-refractivity contribution in [3.05, 3.63) is 57.2 Å². The van der Waals surface area contributed by atoms with Gasteiger partial charge in [0.25, 0.3) is 5.91 Å². The van der Waals surface area contributed by atoms with Gasteiger partial charge in [0.1, 0.15) is 11.3 Å². The summed E-state index contributed by atoms with van der Waals surface area (Å²) in [5.74, 6) is -0.259. The van der Waals surface area contributed by atoms with Crippen molar-refractivity contribution in [2.45, 2.75) is 27.7 Å². The van der Waals surface area contributed by atoms with E-state index in [1.807, 2.05) is 38.2 Å². The van der Waals surface area contributed by atoms with Crippen molar-refractivity contribution in [2.24, 2.45) is 5.10 Å². The van der Waals surface area contributed by atoms with E-state index in [4.69, 9.17) is 0 Å². The molecular formula is C17H18N4OS. The second-order valence-electron chi connectivity index (χ2n) is 5.44. The first kappa shape index (κ1) is 15.4. The van der Waals surface area contributed by atoms with Gasteiger partial charge in [-0.05, 0) is 45.9 Å². The molecule has 0 saturated carbocycles. The third kappa shape index (κ3) is 2.90. The van der Waals surface area contributed by atoms with E-state index in [0.717, 1.165) is 16.9 Å². The van der Waals surface area contributed by atoms with Crippen molar-refractivity contribution in [3.8, 4) is 0 Å². The molecular weight excluding hydrogens is 308 g/mol. The molecule has 23 heavy (non-hydrogen) atoms. The number of nitrogens with one attached hydrogen (secondary N) is 1. The minimum atomic E-state index is -0.259. The van der Waals surface area contributed by atoms with Gasteiger partial charge in [0.2, 0.25) is 0 Å². The van der Waals surface area contributed by atoms with Gasteiger partial charge in [-0.2, -0.15) is 5.10 Å². The zero-order chi connectivity index (χ0) is 16.6. The molecule has 0 aliphatic carbocycles. The monoisotopic (exact) mass is 326 g/mol. The fourth-order valence-electron chi connectivity index (χ4n) is 2.62. The highest BCUT2D eigenvalue weighted by molar-refractivity contribution is 7.12. The Hall–Kier alpha value is -2.47. The highest BCUT2D eigenvalue weighted by atomic mass is 32.1. The summed E-state index contributed by atoms with van der Waals surface area (Å²) in [5.41, 5.74) is 6.46. The topological polar surface area (TPSA) is 58.8 Å². The normalized spacial score (nSPS) is 11.9. The molecule has 3 aromatic rings. The van der Waals surface area contributed by atoms with Crippen molar-refractivity contribution >= 4 is 28.6 Å². The number of hydrogen-bond donors (Lipinski definition) is 1. The number of nitrogens with zero attached hydrogens (tertiary/aromatic N) is 3. The lowest BCUT2D eigenvalue weighted by molar-refractivity contribution is 0.0948. The molecule has 0 saturated heterocycles. The number of aromatic nitrogens is 2. The number of imidazole rings is 1. The lowest BCUT2D eigenvalue weighted by Gasteiger charge is -2.03. The Morgan fingerprint density at radius 1 is 1.30 bits per heavy atom. The fraction of sp³-hybridized carbons (Fsp3) is 0.235. The molecule has 0 spiro atoms. The van der Waals surface area contributed by atoms with Crippen LogP contribution >= 0.6 is 11.3 Å². The van der Waals surface area contributed by atoms with Gasteiger partial charge in [-0.25, -0.2) is 10.4 Å². The minimum Gasteiger partial charge on any atom is -0.295 e. The molecule has 1 amide bonds. The molecule has 0 unspecified atom stereocenters. The maximum absolute atomic E-state index is 12.5. The summed E-state index contributed by atoms with van der Waals surface area (Å²) in [4.78, 5) is 19.3. The summed E-state index contributed by atoms with van der Waals surface area (Å²) in [5, 5.41) is 4.26. The largest absolute Gasteiger partial charge is 0.295 e. The molecule has 3 aromatic heterocycles. The quantitative estimate of drug-likeness (QED) is 0.592. The van der Waals surface area contributed by atoms with Crippen LogP contribution in [0.1, 0.15) is 38.4 Å². The number of carbonyl (C=O) groups is 1. The van der Waals surface area contributed by atoms with Gasteiger partial charge in [-0.1, -0.05) is 6.07 Å². The van der Waals surface area contributed by atoms with Crippen LogP contribution in [0, 0.1) is 20.8 Å². The molecule has 0 atom stereocenters. The number of amides is 1. The zero-order valence-electron chi connectivity index (χ0n) is 13.5. The van der Waals surface area contributed by atoms with Crippen LogP contribution in [0.3, 0.4) is 0 Å². The van der Waals surface area contributed by atoms with Crippen molar-refractivity contribution in [1.82, 2.24) is 14.8 Å². The maximum Gasteiger partial charge on any atom is 0.290 e. The van der Waals surface area contributed by atoms with Crippen molar-refractivity contribution in [1.29, 1.82) is 0 Å². The van der Waals surface area contributed by atoms with E-state index in [9.17, 15) is 4.79 Å². The van der Waals surface area contributed by atoms with E-state index in [1.165, 1.54) is 9.75 Å². The molecule has 5 nitrogen and oxygen atoms in total. The molecule has 118 valence electrons. The third-order valence-corrected chi connectivity index (χ3v) is 4.64. The summed E-state index contributed by atoms with van der Waals surface area (Å²) < 4.78 is 1.77. The molecule has 0 bridgehead atoms. The number of thiophene rings is 1. The predicted octanol–water partition coefficient (Wildman–Crippen LogP) is 3.48. The Balaban J connectivity index is 1.88. The smallest absolute Gasteiger partial charge is 0.290 e. The zero-order valence-corrected chi connectivity index (χ0v) is 14.4. The van der Waals surface area contributed by atoms with Crippen LogP contribution in [0.25, 0.3) is 5.65 Å². The SMILES string of the molecule is C/C(=N/NC(=O)c1c(C)nc2ccccn12)c1cc(C)sc1C. The second-order valence-corrected chi connectivity index (χ2v) is 6.90. The summed E-state index contributed by atoms with van der Waals surface area (Å²) in [6.07, 6.45) is 1.83. The number of hydrogen-bond acceptors (Lipinski definition) is 4. The van der Waals surface area contributed by atoms with E-state index in [2.05, 4.69) is 35.4 Å². The third-order valence-electron chi connectivity index (χ3n) is 3.68. The molecule has 0 aromatic carbocycles. The van der Waals surface area contributed by atoms with Crippen LogP contribution in [0.2, 0.25) is 0 Å². The van der Waals surface area contributed by atoms with Crippen molar-refractivity contribution in [3.63, 3.8) is 0 Å². The highest BCUT2D eigenvalue weighted by Gasteiger charge is 2.16. The van der Waals surface area contributed by atoms with Gasteiger partial charge in [0.05, 0.1) is 11.4 Å². The van der Waals surface area contributed by atoms with Crippen LogP contribution in [-0.2, 0) is 0 Å². The lowest BCUT2D eigenvalue weighted by Crippen LogP contribution is -2.22. The van der Waals surface area contributed by atoms with Gasteiger partial charge < -0.3 is 0 Å². The number of fused-ring (bicyclic) bond motifs is 1. The molecule has 0 radical (unpaired) electrons. The summed E-state index contributed by atoms with van der Waals surface area (Å²) in [6.45, 7) is 7.85. The molecule has 3 heterocycles. The van der Waals surface area contributed by atoms with Gasteiger partial charge >= 0.3 is 0 Å². The Morgan fingerprint density at radius 3 is 2.78 bits per heavy atom. The summed E-state index contributed by atoms with van der Waals surface area (Å²) in [6, 6.07) is 7.73. The average molecular weight is 326 g/mol. The molecule has 3 rings (SSSR count). The molecule has 0 aliphatic rings. The maximum atomic E-state index is 12.5. The molecule has 0 fully saturated rings. The number of rotatable bonds is 3. The average Bonchev–Trinajstić information content (AvgIpc) is 3.02. The van der Waals surface area contributed by atoms with Crippen molar-refractivity contribution < 1.29 is 4.79 Å². The number of aryl methyl sites for hydroxylation is 3. The summed E-state index contributed by atoms with van der Waals surface area (Å²) in [7, 11) is 0. The Labute approximate surface area is 138 Å². The predicted molar refractivity (Wildman–Crippen MR) is 93.4 cm³/mol. The van der Waals surface area contributed by atoms with Gasteiger partial charge in [-0.3, -0.25) is 9.20 Å². The first-order valence-electron chi connectivity index (χ1n) is 7.33. The summed E-state index contributed by atoms with van der Waals surface area (Å²) >= 11 is 1.73. The van der Waals surface area contributed by atoms with E-state index >= 15 is 0 Å². The van der Waals surface area contributed by atoms with E-state index in [0.29, 0.717) is 11.4 Å². The fourth-order valence-corrected chi connectivity index (χ4v) is 3.60. The number of hydrazone groups is 1. The van der Waals surface area contributed by atoms with Crippen LogP contribution in [0.5, 0.6) is 0 Å². The van der Waals surface area contributed by atoms with E-state index < -0.39 is 0 Å². The first-order chi connectivity index (χ1) is 11.0. The van der Waals surface area contributed by atoms with E-state index in [-0.39, 0.29) is 5.91 Å². The molecule has 0 aliphatic heterocycles. The van der Waals surface area contributed by atoms with E-state index in [1.54, 1.807) is 15.7 Å². The van der Waals surface area contributed by atoms with Crippen LogP contribution < -0.4 is 5.43 Å². The van der Waals surface area contributed by atoms with Gasteiger partial charge in [0, 0.05) is 21.5 Å². The molecule has 6 heteroatoms. The minimum absolute atomic E-state index is 0.259. The molecule has 1 N–H and O–H groups in total. The highest BCUT2D eigenvalue weighted by Crippen LogP contribution is 2.21. The Kier molecular flexibility index (Phi) is 4.00. The van der Waals surface area contributed by atoms with Gasteiger partial charge in [-0.15, -0.1) is 11.3 Å². The van der Waals surface area contributed by atoms with Crippen molar-refractivity contribution in [2.75, 3.05) is 0 Å². The van der Waals surface area contributed by atoms with Crippen LogP contribution in [0.4, 0.5) is 0 Å². The van der Waals surface area contributed by atoms with Crippen LogP contribution in [-0.4, -0.2) is 21.0 Å². The first-order valence-corrected chi connectivity index (χ1v) is 8.14. The number of carbonyl (C=O) groups excluding carboxylic acids is 1. The standard InChI is InChI=1S/C17H18N4OS/c1-10-9-14(13(4)23-10)11(2)19-20-17(22)16-12(3)18-15-7-5-6-8-21(15)16/h5-9H,1-4H3,(H,20,22)/b19-11-. The Morgan fingerprint density at radius 2 is 2.09 bits per heavy atom. The van der Waals surface area contributed by atoms with Crippen LogP contribution in [0.15, 0.2) is 35.6 Å². The van der Waals surface area contributed by atoms with Gasteiger partial charge in [0.15, 0.2) is 0 Å². The number of pyridine rings is 1. The second kappa shape index (κ2) is 5.96.